The Labute approximate surface area is 113 Å². The Balaban J connectivity index is 2.43. The van der Waals surface area contributed by atoms with Crippen molar-refractivity contribution in [1.29, 1.82) is 5.26 Å². The van der Waals surface area contributed by atoms with E-state index in [4.69, 9.17) is 17.5 Å². The second kappa shape index (κ2) is 5.46. The second-order valence-corrected chi connectivity index (χ2v) is 6.11. The molecule has 94 valence electrons. The summed E-state index contributed by atoms with van der Waals surface area (Å²) >= 11 is 5.25. The van der Waals surface area contributed by atoms with Crippen LogP contribution in [0.15, 0.2) is 18.2 Å². The van der Waals surface area contributed by atoms with Gasteiger partial charge in [-0.15, -0.1) is 0 Å². The first-order valence-corrected chi connectivity index (χ1v) is 7.53. The Morgan fingerprint density at radius 2 is 2.33 bits per heavy atom. The number of fused-ring (bicyclic) bond motifs is 1. The zero-order valence-electron chi connectivity index (χ0n) is 9.97. The normalized spacial score (nSPS) is 12.4. The summed E-state index contributed by atoms with van der Waals surface area (Å²) in [7, 11) is -0.816. The second-order valence-electron chi connectivity index (χ2n) is 3.86. The summed E-state index contributed by atoms with van der Waals surface area (Å²) in [5.74, 6) is 1.23. The maximum Gasteiger partial charge on any atom is 0.178 e. The Kier molecular flexibility index (Phi) is 3.94. The van der Waals surface area contributed by atoms with Gasteiger partial charge in [0.1, 0.15) is 0 Å². The van der Waals surface area contributed by atoms with Crippen LogP contribution in [0, 0.1) is 16.1 Å². The SMILES string of the molecule is CCS(=O)CCn1c(=S)[nH]c2ccc(C#N)cc21. The number of aryl methyl sites for hydroxylation is 1. The molecule has 1 aromatic heterocycles. The Bertz CT molecular complexity index is 693. The van der Waals surface area contributed by atoms with E-state index in [1.807, 2.05) is 17.6 Å². The highest BCUT2D eigenvalue weighted by Gasteiger charge is 2.06. The summed E-state index contributed by atoms with van der Waals surface area (Å²) in [6.45, 7) is 2.51. The van der Waals surface area contributed by atoms with Crippen molar-refractivity contribution in [3.8, 4) is 6.07 Å². The minimum Gasteiger partial charge on any atom is -0.331 e. The van der Waals surface area contributed by atoms with Crippen molar-refractivity contribution in [3.05, 3.63) is 28.5 Å². The molecule has 0 amide bonds. The van der Waals surface area contributed by atoms with E-state index < -0.39 is 10.8 Å². The predicted octanol–water partition coefficient (Wildman–Crippen LogP) is 2.34. The highest BCUT2D eigenvalue weighted by atomic mass is 32.2. The molecule has 0 aliphatic rings. The van der Waals surface area contributed by atoms with E-state index in [9.17, 15) is 4.21 Å². The zero-order chi connectivity index (χ0) is 13.1. The smallest absolute Gasteiger partial charge is 0.178 e. The Hall–Kier alpha value is -1.45. The number of nitriles is 1. The number of hydrogen-bond donors (Lipinski definition) is 1. The maximum atomic E-state index is 11.5. The van der Waals surface area contributed by atoms with Gasteiger partial charge in [-0.1, -0.05) is 6.92 Å². The fourth-order valence-electron chi connectivity index (χ4n) is 1.78. The molecule has 0 aliphatic carbocycles. The molecule has 6 heteroatoms. The van der Waals surface area contributed by atoms with Crippen LogP contribution in [0.4, 0.5) is 0 Å². The maximum absolute atomic E-state index is 11.5. The van der Waals surface area contributed by atoms with Crippen LogP contribution in [-0.4, -0.2) is 25.3 Å². The lowest BCUT2D eigenvalue weighted by molar-refractivity contribution is 0.675. The molecular weight excluding hydrogens is 266 g/mol. The first-order valence-electron chi connectivity index (χ1n) is 5.63. The summed E-state index contributed by atoms with van der Waals surface area (Å²) in [5.41, 5.74) is 2.40. The molecule has 0 bridgehead atoms. The van der Waals surface area contributed by atoms with Gasteiger partial charge >= 0.3 is 0 Å². The summed E-state index contributed by atoms with van der Waals surface area (Å²) in [6.07, 6.45) is 0. The van der Waals surface area contributed by atoms with E-state index in [1.165, 1.54) is 0 Å². The quantitative estimate of drug-likeness (QED) is 0.874. The number of benzene rings is 1. The van der Waals surface area contributed by atoms with Gasteiger partial charge in [0, 0.05) is 28.9 Å². The highest BCUT2D eigenvalue weighted by Crippen LogP contribution is 2.16. The third-order valence-corrected chi connectivity index (χ3v) is 4.37. The highest BCUT2D eigenvalue weighted by molar-refractivity contribution is 7.84. The minimum absolute atomic E-state index is 0.578. The molecule has 2 aromatic rings. The number of H-pyrrole nitrogens is 1. The van der Waals surface area contributed by atoms with Crippen LogP contribution in [0.3, 0.4) is 0 Å². The van der Waals surface area contributed by atoms with E-state index >= 15 is 0 Å². The van der Waals surface area contributed by atoms with Crippen LogP contribution in [0.1, 0.15) is 12.5 Å². The molecule has 2 rings (SSSR count). The topological polar surface area (TPSA) is 61.6 Å². The number of hydrogen-bond acceptors (Lipinski definition) is 3. The van der Waals surface area contributed by atoms with Crippen LogP contribution in [-0.2, 0) is 17.3 Å². The Morgan fingerprint density at radius 3 is 3.00 bits per heavy atom. The fraction of sp³-hybridized carbons (Fsp3) is 0.333. The van der Waals surface area contributed by atoms with Gasteiger partial charge in [-0.2, -0.15) is 5.26 Å². The average molecular weight is 279 g/mol. The molecule has 1 heterocycles. The van der Waals surface area contributed by atoms with Crippen molar-refractivity contribution in [2.24, 2.45) is 0 Å². The molecule has 18 heavy (non-hydrogen) atoms. The lowest BCUT2D eigenvalue weighted by atomic mass is 10.2. The summed E-state index contributed by atoms with van der Waals surface area (Å²) < 4.78 is 14.0. The molecule has 0 aliphatic heterocycles. The van der Waals surface area contributed by atoms with Gasteiger partial charge in [0.05, 0.1) is 22.7 Å². The van der Waals surface area contributed by atoms with E-state index in [2.05, 4.69) is 11.1 Å². The monoisotopic (exact) mass is 279 g/mol. The van der Waals surface area contributed by atoms with Gasteiger partial charge in [-0.05, 0) is 30.4 Å². The largest absolute Gasteiger partial charge is 0.331 e. The van der Waals surface area contributed by atoms with Crippen LogP contribution >= 0.6 is 12.2 Å². The number of nitrogens with zero attached hydrogens (tertiary/aromatic N) is 2. The number of nitrogens with one attached hydrogen (secondary N) is 1. The van der Waals surface area contributed by atoms with Crippen LogP contribution < -0.4 is 0 Å². The van der Waals surface area contributed by atoms with E-state index in [-0.39, 0.29) is 0 Å². The van der Waals surface area contributed by atoms with E-state index in [0.29, 0.717) is 28.4 Å². The van der Waals surface area contributed by atoms with E-state index in [1.54, 1.807) is 12.1 Å². The van der Waals surface area contributed by atoms with Crippen molar-refractivity contribution >= 4 is 34.1 Å². The average Bonchev–Trinajstić information content (AvgIpc) is 2.70. The zero-order valence-corrected chi connectivity index (χ0v) is 11.6. The molecule has 0 saturated heterocycles. The van der Waals surface area contributed by atoms with E-state index in [0.717, 1.165) is 11.0 Å². The number of aromatic nitrogens is 2. The van der Waals surface area contributed by atoms with Crippen molar-refractivity contribution in [2.75, 3.05) is 11.5 Å². The number of imidazole rings is 1. The molecular formula is C12H13N3OS2. The van der Waals surface area contributed by atoms with Gasteiger partial charge in [-0.25, -0.2) is 0 Å². The van der Waals surface area contributed by atoms with Gasteiger partial charge in [0.15, 0.2) is 4.77 Å². The molecule has 1 atom stereocenters. The van der Waals surface area contributed by atoms with Crippen molar-refractivity contribution in [2.45, 2.75) is 13.5 Å². The van der Waals surface area contributed by atoms with Crippen LogP contribution in [0.25, 0.3) is 11.0 Å². The molecule has 1 aromatic carbocycles. The molecule has 1 N–H and O–H groups in total. The third kappa shape index (κ3) is 2.52. The molecule has 1 unspecified atom stereocenters. The summed E-state index contributed by atoms with van der Waals surface area (Å²) in [6, 6.07) is 7.51. The van der Waals surface area contributed by atoms with Crippen LogP contribution in [0.2, 0.25) is 0 Å². The predicted molar refractivity (Wildman–Crippen MR) is 75.4 cm³/mol. The van der Waals surface area contributed by atoms with Gasteiger partial charge in [-0.3, -0.25) is 4.21 Å². The van der Waals surface area contributed by atoms with Crippen LogP contribution in [0.5, 0.6) is 0 Å². The lowest BCUT2D eigenvalue weighted by Gasteiger charge is -2.03. The van der Waals surface area contributed by atoms with Crippen molar-refractivity contribution in [3.63, 3.8) is 0 Å². The lowest BCUT2D eigenvalue weighted by Crippen LogP contribution is -2.08. The first kappa shape index (κ1) is 13.0. The Morgan fingerprint density at radius 1 is 1.56 bits per heavy atom. The van der Waals surface area contributed by atoms with Crippen molar-refractivity contribution < 1.29 is 4.21 Å². The van der Waals surface area contributed by atoms with Gasteiger partial charge in [0.25, 0.3) is 0 Å². The molecule has 0 radical (unpaired) electrons. The first-order chi connectivity index (χ1) is 8.65. The summed E-state index contributed by atoms with van der Waals surface area (Å²) in [5, 5.41) is 8.91. The fourth-order valence-corrected chi connectivity index (χ4v) is 2.76. The molecule has 0 spiro atoms. The van der Waals surface area contributed by atoms with Gasteiger partial charge in [0.2, 0.25) is 0 Å². The van der Waals surface area contributed by atoms with Crippen molar-refractivity contribution in [1.82, 2.24) is 9.55 Å². The molecule has 4 nitrogen and oxygen atoms in total. The standard InChI is InChI=1S/C12H13N3OS2/c1-2-18(16)6-5-15-11-7-9(8-13)3-4-10(11)14-12(15)17/h3-4,7H,2,5-6H2,1H3,(H,14,17). The molecule has 0 saturated carbocycles. The number of rotatable bonds is 4. The molecule has 0 fully saturated rings. The van der Waals surface area contributed by atoms with Gasteiger partial charge < -0.3 is 9.55 Å². The third-order valence-electron chi connectivity index (χ3n) is 2.77. The summed E-state index contributed by atoms with van der Waals surface area (Å²) in [4.78, 5) is 3.09. The number of aromatic amines is 1. The minimum atomic E-state index is -0.816.